The topological polar surface area (TPSA) is 92.4 Å². The maximum absolute atomic E-state index is 12.8. The molecule has 144 valence electrons. The Bertz CT molecular complexity index is 1230. The summed E-state index contributed by atoms with van der Waals surface area (Å²) >= 11 is 6.25. The first-order chi connectivity index (χ1) is 13.4. The Morgan fingerprint density at radius 3 is 2.93 bits per heavy atom. The van der Waals surface area contributed by atoms with E-state index in [4.69, 9.17) is 20.9 Å². The Balaban J connectivity index is 1.66. The number of para-hydroxylation sites is 1. The van der Waals surface area contributed by atoms with Gasteiger partial charge in [-0.15, -0.1) is 0 Å². The first-order valence-electron chi connectivity index (χ1n) is 9.05. The zero-order valence-corrected chi connectivity index (χ0v) is 16.4. The van der Waals surface area contributed by atoms with Gasteiger partial charge in [-0.1, -0.05) is 22.8 Å². The Labute approximate surface area is 165 Å². The number of imidazole rings is 1. The number of aromatic nitrogens is 5. The van der Waals surface area contributed by atoms with E-state index in [0.29, 0.717) is 44.7 Å². The molecule has 1 aliphatic heterocycles. The number of halogens is 1. The molecule has 0 aliphatic carbocycles. The molecule has 0 saturated carbocycles. The van der Waals surface area contributed by atoms with Crippen LogP contribution in [0, 0.1) is 12.1 Å². The SMILES string of the molecule is Cc1c2c(-c3noc(C4CCC(C)(C)O4)n3)ncn2c2cccc(Cl)c2[n+]1[O-]. The summed E-state index contributed by atoms with van der Waals surface area (Å²) in [6.07, 6.45) is 3.16. The van der Waals surface area contributed by atoms with E-state index in [1.165, 1.54) is 0 Å². The molecule has 4 heterocycles. The van der Waals surface area contributed by atoms with Crippen LogP contribution < -0.4 is 4.73 Å². The summed E-state index contributed by atoms with van der Waals surface area (Å²) < 4.78 is 14.1. The van der Waals surface area contributed by atoms with Crippen LogP contribution in [0.25, 0.3) is 28.1 Å². The van der Waals surface area contributed by atoms with Gasteiger partial charge in [-0.2, -0.15) is 9.71 Å². The molecule has 1 fully saturated rings. The third-order valence-electron chi connectivity index (χ3n) is 5.24. The predicted octanol–water partition coefficient (Wildman–Crippen LogP) is 3.76. The molecule has 0 N–H and O–H groups in total. The van der Waals surface area contributed by atoms with E-state index in [0.717, 1.165) is 17.6 Å². The van der Waals surface area contributed by atoms with Gasteiger partial charge in [0.2, 0.25) is 11.5 Å². The number of aryl methyl sites for hydroxylation is 1. The predicted molar refractivity (Wildman–Crippen MR) is 102 cm³/mol. The number of fused-ring (bicyclic) bond motifs is 3. The summed E-state index contributed by atoms with van der Waals surface area (Å²) in [4.78, 5) is 8.96. The van der Waals surface area contributed by atoms with Crippen molar-refractivity contribution in [1.29, 1.82) is 0 Å². The van der Waals surface area contributed by atoms with Crippen molar-refractivity contribution >= 4 is 28.2 Å². The second-order valence-electron chi connectivity index (χ2n) is 7.66. The smallest absolute Gasteiger partial charge is 0.259 e. The third kappa shape index (κ3) is 2.48. The summed E-state index contributed by atoms with van der Waals surface area (Å²) in [5.74, 6) is 0.758. The van der Waals surface area contributed by atoms with Crippen molar-refractivity contribution in [3.63, 3.8) is 0 Å². The van der Waals surface area contributed by atoms with Gasteiger partial charge in [-0.05, 0) is 38.8 Å². The van der Waals surface area contributed by atoms with Crippen molar-refractivity contribution in [2.24, 2.45) is 0 Å². The zero-order valence-electron chi connectivity index (χ0n) is 15.6. The Kier molecular flexibility index (Phi) is 3.66. The average molecular weight is 400 g/mol. The summed E-state index contributed by atoms with van der Waals surface area (Å²) in [6, 6.07) is 5.31. The Morgan fingerprint density at radius 1 is 1.36 bits per heavy atom. The van der Waals surface area contributed by atoms with Crippen LogP contribution in [0.1, 0.15) is 44.4 Å². The summed E-state index contributed by atoms with van der Waals surface area (Å²) in [7, 11) is 0. The molecule has 1 aliphatic rings. The molecule has 9 heteroatoms. The van der Waals surface area contributed by atoms with Crippen LogP contribution >= 0.6 is 11.6 Å². The molecule has 8 nitrogen and oxygen atoms in total. The van der Waals surface area contributed by atoms with Gasteiger partial charge in [0.15, 0.2) is 0 Å². The monoisotopic (exact) mass is 399 g/mol. The molecule has 4 aromatic rings. The van der Waals surface area contributed by atoms with Crippen LogP contribution in [0.4, 0.5) is 0 Å². The number of rotatable bonds is 2. The van der Waals surface area contributed by atoms with Gasteiger partial charge < -0.3 is 14.5 Å². The van der Waals surface area contributed by atoms with Crippen molar-refractivity contribution in [2.45, 2.75) is 45.3 Å². The van der Waals surface area contributed by atoms with Crippen LogP contribution in [-0.4, -0.2) is 25.1 Å². The van der Waals surface area contributed by atoms with Crippen molar-refractivity contribution in [1.82, 2.24) is 19.5 Å². The van der Waals surface area contributed by atoms with Crippen molar-refractivity contribution in [3.05, 3.63) is 46.3 Å². The molecule has 1 atom stereocenters. The summed E-state index contributed by atoms with van der Waals surface area (Å²) in [6.45, 7) is 5.80. The largest absolute Gasteiger partial charge is 0.618 e. The highest BCUT2D eigenvalue weighted by Gasteiger charge is 2.36. The maximum atomic E-state index is 12.8. The first kappa shape index (κ1) is 17.4. The molecular weight excluding hydrogens is 382 g/mol. The standard InChI is InChI=1S/C19H18ClN5O3/c1-10-15-14(17-22-18(28-23-17)13-7-8-19(2,3)27-13)21-9-24(15)12-6-4-5-11(20)16(12)25(10)26/h4-6,9,13H,7-8H2,1-3H3. The molecule has 0 bridgehead atoms. The van der Waals surface area contributed by atoms with Crippen LogP contribution in [-0.2, 0) is 4.74 Å². The van der Waals surface area contributed by atoms with Crippen molar-refractivity contribution in [2.75, 3.05) is 0 Å². The van der Waals surface area contributed by atoms with E-state index in [1.807, 2.05) is 24.3 Å². The minimum atomic E-state index is -0.227. The van der Waals surface area contributed by atoms with E-state index in [2.05, 4.69) is 15.1 Å². The maximum Gasteiger partial charge on any atom is 0.259 e. The quantitative estimate of drug-likeness (QED) is 0.376. The summed E-state index contributed by atoms with van der Waals surface area (Å²) in [5.41, 5.74) is 2.40. The molecular formula is C19H18ClN5O3. The number of benzene rings is 1. The summed E-state index contributed by atoms with van der Waals surface area (Å²) in [5, 5.41) is 17.3. The van der Waals surface area contributed by atoms with E-state index in [1.54, 1.807) is 25.4 Å². The lowest BCUT2D eigenvalue weighted by Gasteiger charge is -2.17. The minimum Gasteiger partial charge on any atom is -0.618 e. The molecule has 0 amide bonds. The molecule has 1 unspecified atom stereocenters. The fourth-order valence-electron chi connectivity index (χ4n) is 3.82. The fraction of sp³-hybridized carbons (Fsp3) is 0.368. The molecule has 5 rings (SSSR count). The van der Waals surface area contributed by atoms with E-state index in [-0.39, 0.29) is 11.7 Å². The zero-order chi connectivity index (χ0) is 19.6. The second kappa shape index (κ2) is 5.89. The number of ether oxygens (including phenoxy) is 1. The Morgan fingerprint density at radius 2 is 2.18 bits per heavy atom. The molecule has 1 aromatic carbocycles. The van der Waals surface area contributed by atoms with Gasteiger partial charge in [0, 0.05) is 6.92 Å². The molecule has 1 saturated heterocycles. The van der Waals surface area contributed by atoms with Gasteiger partial charge in [0.25, 0.3) is 11.4 Å². The first-order valence-corrected chi connectivity index (χ1v) is 9.43. The van der Waals surface area contributed by atoms with Crippen molar-refractivity contribution < 1.29 is 14.0 Å². The van der Waals surface area contributed by atoms with Crippen LogP contribution in [0.3, 0.4) is 0 Å². The van der Waals surface area contributed by atoms with Crippen LogP contribution in [0.15, 0.2) is 29.0 Å². The molecule has 3 aromatic heterocycles. The van der Waals surface area contributed by atoms with Crippen LogP contribution in [0.2, 0.25) is 5.02 Å². The molecule has 0 spiro atoms. The van der Waals surface area contributed by atoms with Crippen molar-refractivity contribution in [3.8, 4) is 11.5 Å². The van der Waals surface area contributed by atoms with Gasteiger partial charge in [-0.25, -0.2) is 4.98 Å². The lowest BCUT2D eigenvalue weighted by molar-refractivity contribution is -0.583. The second-order valence-corrected chi connectivity index (χ2v) is 8.07. The van der Waals surface area contributed by atoms with Gasteiger partial charge >= 0.3 is 0 Å². The van der Waals surface area contributed by atoms with E-state index < -0.39 is 0 Å². The normalized spacial score (nSPS) is 19.1. The van der Waals surface area contributed by atoms with Crippen LogP contribution in [0.5, 0.6) is 0 Å². The Hall–Kier alpha value is -2.71. The van der Waals surface area contributed by atoms with Gasteiger partial charge in [0.05, 0.1) is 5.60 Å². The van der Waals surface area contributed by atoms with Gasteiger partial charge in [0.1, 0.15) is 34.2 Å². The lowest BCUT2D eigenvalue weighted by atomic mass is 10.1. The highest BCUT2D eigenvalue weighted by molar-refractivity contribution is 6.34. The average Bonchev–Trinajstić information content (AvgIpc) is 3.36. The molecule has 28 heavy (non-hydrogen) atoms. The minimum absolute atomic E-state index is 0.205. The van der Waals surface area contributed by atoms with E-state index >= 15 is 0 Å². The van der Waals surface area contributed by atoms with Gasteiger partial charge in [-0.3, -0.25) is 4.40 Å². The highest BCUT2D eigenvalue weighted by atomic mass is 35.5. The third-order valence-corrected chi connectivity index (χ3v) is 5.55. The molecule has 0 radical (unpaired) electrons. The number of hydrogen-bond donors (Lipinski definition) is 0. The highest BCUT2D eigenvalue weighted by Crippen LogP contribution is 2.39. The fourth-order valence-corrected chi connectivity index (χ4v) is 4.07. The number of nitrogens with zero attached hydrogens (tertiary/aromatic N) is 5. The lowest BCUT2D eigenvalue weighted by Crippen LogP contribution is -2.32. The van der Waals surface area contributed by atoms with E-state index in [9.17, 15) is 5.21 Å². The number of hydrogen-bond acceptors (Lipinski definition) is 6.